The van der Waals surface area contributed by atoms with Crippen molar-refractivity contribution in [3.05, 3.63) is 47.7 Å². The molecule has 1 heterocycles. The largest absolute Gasteiger partial charge is 0.481 e. The first-order valence-corrected chi connectivity index (χ1v) is 8.25. The summed E-state index contributed by atoms with van der Waals surface area (Å²) >= 11 is 0. The molecule has 0 aromatic heterocycles. The second-order valence-corrected chi connectivity index (χ2v) is 6.84. The van der Waals surface area contributed by atoms with E-state index in [0.29, 0.717) is 0 Å². The maximum Gasteiger partial charge on any atom is 0.304 e. The summed E-state index contributed by atoms with van der Waals surface area (Å²) in [6, 6.07) is 9.85. The molecule has 3 rings (SSSR count). The Morgan fingerprint density at radius 3 is 2.74 bits per heavy atom. The summed E-state index contributed by atoms with van der Waals surface area (Å²) in [6.07, 6.45) is 4.89. The van der Waals surface area contributed by atoms with Gasteiger partial charge >= 0.3 is 5.97 Å². The van der Waals surface area contributed by atoms with Gasteiger partial charge in [0.1, 0.15) is 0 Å². The third-order valence-corrected chi connectivity index (χ3v) is 5.44. The van der Waals surface area contributed by atoms with E-state index in [0.717, 1.165) is 30.5 Å². The zero-order valence-corrected chi connectivity index (χ0v) is 13.7. The first kappa shape index (κ1) is 15.8. The monoisotopic (exact) mass is 313 g/mol. The highest BCUT2D eigenvalue weighted by Crippen LogP contribution is 2.54. The SMILES string of the molecule is C[C@@H](c1ccccc1)N1C(=O)[C@H](CC(=O)O)[C@@]2(C)CCCC=C12. The zero-order chi connectivity index (χ0) is 16.6. The van der Waals surface area contributed by atoms with Crippen LogP contribution in [0.15, 0.2) is 42.1 Å². The molecular formula is C19H23NO3. The van der Waals surface area contributed by atoms with Crippen molar-refractivity contribution in [1.82, 2.24) is 4.90 Å². The van der Waals surface area contributed by atoms with Crippen molar-refractivity contribution in [1.29, 1.82) is 0 Å². The number of likely N-dealkylation sites (tertiary alicyclic amines) is 1. The van der Waals surface area contributed by atoms with Gasteiger partial charge in [0.05, 0.1) is 18.4 Å². The van der Waals surface area contributed by atoms with Gasteiger partial charge in [0.15, 0.2) is 0 Å². The highest BCUT2D eigenvalue weighted by molar-refractivity contribution is 5.89. The molecule has 1 fully saturated rings. The van der Waals surface area contributed by atoms with Gasteiger partial charge in [0.2, 0.25) is 5.91 Å². The average molecular weight is 313 g/mol. The van der Waals surface area contributed by atoms with E-state index in [2.05, 4.69) is 13.0 Å². The van der Waals surface area contributed by atoms with Crippen LogP contribution in [0.25, 0.3) is 0 Å². The van der Waals surface area contributed by atoms with Crippen molar-refractivity contribution in [2.45, 2.75) is 45.6 Å². The van der Waals surface area contributed by atoms with Crippen LogP contribution in [0.5, 0.6) is 0 Å². The first-order chi connectivity index (χ1) is 10.9. The third kappa shape index (κ3) is 2.56. The lowest BCUT2D eigenvalue weighted by atomic mass is 9.70. The number of aliphatic carboxylic acids is 1. The van der Waals surface area contributed by atoms with Crippen LogP contribution >= 0.6 is 0 Å². The number of carboxylic acids is 1. The first-order valence-electron chi connectivity index (χ1n) is 8.25. The average Bonchev–Trinajstić information content (AvgIpc) is 2.75. The Balaban J connectivity index is 2.01. The van der Waals surface area contributed by atoms with Crippen LogP contribution in [0.4, 0.5) is 0 Å². The van der Waals surface area contributed by atoms with Gasteiger partial charge in [-0.15, -0.1) is 0 Å². The Hall–Kier alpha value is -2.10. The Morgan fingerprint density at radius 2 is 2.09 bits per heavy atom. The molecule has 4 heteroatoms. The molecule has 0 unspecified atom stereocenters. The molecule has 3 atom stereocenters. The van der Waals surface area contributed by atoms with E-state index in [-0.39, 0.29) is 23.8 Å². The van der Waals surface area contributed by atoms with E-state index >= 15 is 0 Å². The van der Waals surface area contributed by atoms with Crippen LogP contribution in [-0.4, -0.2) is 21.9 Å². The lowest BCUT2D eigenvalue weighted by Crippen LogP contribution is -2.30. The van der Waals surface area contributed by atoms with Crippen molar-refractivity contribution < 1.29 is 14.7 Å². The van der Waals surface area contributed by atoms with Gasteiger partial charge in [0.25, 0.3) is 0 Å². The van der Waals surface area contributed by atoms with E-state index in [1.54, 1.807) is 0 Å². The number of hydrogen-bond donors (Lipinski definition) is 1. The second-order valence-electron chi connectivity index (χ2n) is 6.84. The fourth-order valence-corrected chi connectivity index (χ4v) is 4.12. The molecule has 2 aliphatic rings. The topological polar surface area (TPSA) is 57.6 Å². The van der Waals surface area contributed by atoms with Crippen LogP contribution in [0, 0.1) is 11.3 Å². The molecule has 1 aromatic carbocycles. The number of benzene rings is 1. The van der Waals surface area contributed by atoms with Crippen LogP contribution in [-0.2, 0) is 9.59 Å². The molecule has 122 valence electrons. The predicted octanol–water partition coefficient (Wildman–Crippen LogP) is 3.75. The van der Waals surface area contributed by atoms with E-state index in [1.165, 1.54) is 0 Å². The molecule has 0 saturated carbocycles. The van der Waals surface area contributed by atoms with E-state index in [4.69, 9.17) is 0 Å². The number of hydrogen-bond acceptors (Lipinski definition) is 2. The Kier molecular flexibility index (Phi) is 4.00. The molecule has 0 radical (unpaired) electrons. The summed E-state index contributed by atoms with van der Waals surface area (Å²) in [4.78, 5) is 26.2. The summed E-state index contributed by atoms with van der Waals surface area (Å²) in [5.41, 5.74) is 1.75. The van der Waals surface area contributed by atoms with Crippen molar-refractivity contribution >= 4 is 11.9 Å². The van der Waals surface area contributed by atoms with E-state index < -0.39 is 11.9 Å². The molecule has 0 bridgehead atoms. The lowest BCUT2D eigenvalue weighted by Gasteiger charge is -2.35. The third-order valence-electron chi connectivity index (χ3n) is 5.44. The number of nitrogens with zero attached hydrogens (tertiary/aromatic N) is 1. The number of allylic oxidation sites excluding steroid dienone is 2. The Bertz CT molecular complexity index is 652. The number of fused-ring (bicyclic) bond motifs is 1. The molecule has 1 amide bonds. The van der Waals surface area contributed by atoms with Gasteiger partial charge in [-0.25, -0.2) is 0 Å². The fraction of sp³-hybridized carbons (Fsp3) is 0.474. The molecule has 0 spiro atoms. The van der Waals surface area contributed by atoms with Crippen molar-refractivity contribution in [2.75, 3.05) is 0 Å². The van der Waals surface area contributed by atoms with Gasteiger partial charge in [-0.2, -0.15) is 0 Å². The maximum absolute atomic E-state index is 13.0. The predicted molar refractivity (Wildman–Crippen MR) is 87.5 cm³/mol. The van der Waals surface area contributed by atoms with Gasteiger partial charge in [-0.3, -0.25) is 9.59 Å². The van der Waals surface area contributed by atoms with Crippen LogP contribution < -0.4 is 0 Å². The molecule has 23 heavy (non-hydrogen) atoms. The van der Waals surface area contributed by atoms with Gasteiger partial charge in [-0.1, -0.05) is 43.3 Å². The van der Waals surface area contributed by atoms with Gasteiger partial charge in [0, 0.05) is 11.1 Å². The van der Waals surface area contributed by atoms with Crippen LogP contribution in [0.2, 0.25) is 0 Å². The van der Waals surface area contributed by atoms with Crippen molar-refractivity contribution in [2.24, 2.45) is 11.3 Å². The minimum absolute atomic E-state index is 0.0422. The molecule has 1 saturated heterocycles. The van der Waals surface area contributed by atoms with Crippen molar-refractivity contribution in [3.63, 3.8) is 0 Å². The van der Waals surface area contributed by atoms with Gasteiger partial charge < -0.3 is 10.0 Å². The van der Waals surface area contributed by atoms with E-state index in [9.17, 15) is 14.7 Å². The second kappa shape index (κ2) is 5.84. The molecule has 1 aromatic rings. The van der Waals surface area contributed by atoms with Gasteiger partial charge in [-0.05, 0) is 31.7 Å². The minimum atomic E-state index is -0.899. The molecule has 1 aliphatic carbocycles. The summed E-state index contributed by atoms with van der Waals surface area (Å²) in [6.45, 7) is 4.08. The number of carbonyl (C=O) groups is 2. The highest BCUT2D eigenvalue weighted by Gasteiger charge is 2.55. The lowest BCUT2D eigenvalue weighted by molar-refractivity contribution is -0.143. The number of carbonyl (C=O) groups excluding carboxylic acids is 1. The maximum atomic E-state index is 13.0. The summed E-state index contributed by atoms with van der Waals surface area (Å²) < 4.78 is 0. The summed E-state index contributed by atoms with van der Waals surface area (Å²) in [5, 5.41) is 9.25. The summed E-state index contributed by atoms with van der Waals surface area (Å²) in [5.74, 6) is -1.40. The van der Waals surface area contributed by atoms with Crippen LogP contribution in [0.3, 0.4) is 0 Å². The Morgan fingerprint density at radius 1 is 1.39 bits per heavy atom. The fourth-order valence-electron chi connectivity index (χ4n) is 4.12. The number of rotatable bonds is 4. The zero-order valence-electron chi connectivity index (χ0n) is 13.7. The Labute approximate surface area is 136 Å². The summed E-state index contributed by atoms with van der Waals surface area (Å²) in [7, 11) is 0. The van der Waals surface area contributed by atoms with Crippen LogP contribution in [0.1, 0.15) is 51.1 Å². The van der Waals surface area contributed by atoms with E-state index in [1.807, 2.05) is 42.2 Å². The molecule has 1 N–H and O–H groups in total. The standard InChI is InChI=1S/C19H23NO3/c1-13(14-8-4-3-5-9-14)20-16-10-6-7-11-19(16,2)15(18(20)23)12-17(21)22/h3-5,8-10,13,15H,6-7,11-12H2,1-2H3,(H,21,22)/t13-,15-,19+/m0/s1. The quantitative estimate of drug-likeness (QED) is 0.921. The highest BCUT2D eigenvalue weighted by atomic mass is 16.4. The normalized spacial score (nSPS) is 28.3. The number of carboxylic acid groups (broad SMARTS) is 1. The number of amides is 1. The smallest absolute Gasteiger partial charge is 0.304 e. The molecule has 4 nitrogen and oxygen atoms in total. The van der Waals surface area contributed by atoms with Crippen molar-refractivity contribution in [3.8, 4) is 0 Å². The minimum Gasteiger partial charge on any atom is -0.481 e. The molecule has 1 aliphatic heterocycles. The molecular weight excluding hydrogens is 290 g/mol.